The molecule has 0 aromatic carbocycles. The highest BCUT2D eigenvalue weighted by molar-refractivity contribution is 5.44. The molecule has 0 spiro atoms. The number of rotatable bonds is 2. The van der Waals surface area contributed by atoms with E-state index >= 15 is 0 Å². The summed E-state index contributed by atoms with van der Waals surface area (Å²) in [5.74, 6) is 2.04. The molecular formula is C9H15N3O. The summed E-state index contributed by atoms with van der Waals surface area (Å²) in [6.45, 7) is 5.88. The molecule has 1 rings (SSSR count). The van der Waals surface area contributed by atoms with Gasteiger partial charge < -0.3 is 10.5 Å². The topological polar surface area (TPSA) is 61.0 Å². The molecule has 2 N–H and O–H groups in total. The predicted octanol–water partition coefficient (Wildman–Crippen LogP) is 1.50. The van der Waals surface area contributed by atoms with Crippen molar-refractivity contribution in [3.8, 4) is 5.88 Å². The fourth-order valence-corrected chi connectivity index (χ4v) is 0.987. The molecule has 72 valence electrons. The molecule has 1 aromatic heterocycles. The van der Waals surface area contributed by atoms with Gasteiger partial charge >= 0.3 is 0 Å². The molecule has 0 amide bonds. The van der Waals surface area contributed by atoms with Gasteiger partial charge in [0.15, 0.2) is 0 Å². The van der Waals surface area contributed by atoms with Gasteiger partial charge in [0.25, 0.3) is 0 Å². The maximum Gasteiger partial charge on any atom is 0.221 e. The maximum atomic E-state index is 5.70. The first kappa shape index (κ1) is 9.77. The van der Waals surface area contributed by atoms with Crippen LogP contribution in [0.1, 0.15) is 31.2 Å². The second kappa shape index (κ2) is 3.60. The lowest BCUT2D eigenvalue weighted by Gasteiger charge is -2.09. The average Bonchev–Trinajstić information content (AvgIpc) is 2.09. The van der Waals surface area contributed by atoms with Crippen molar-refractivity contribution in [2.24, 2.45) is 0 Å². The van der Waals surface area contributed by atoms with Gasteiger partial charge in [-0.05, 0) is 6.92 Å². The number of ether oxygens (including phenoxy) is 1. The van der Waals surface area contributed by atoms with Crippen molar-refractivity contribution in [3.05, 3.63) is 11.4 Å². The van der Waals surface area contributed by atoms with Gasteiger partial charge in [-0.2, -0.15) is 4.98 Å². The molecule has 13 heavy (non-hydrogen) atoms. The molecule has 0 saturated heterocycles. The Labute approximate surface area is 78.1 Å². The number of aromatic nitrogens is 2. The number of nitrogens with two attached hydrogens (primary N) is 1. The molecule has 0 aliphatic heterocycles. The van der Waals surface area contributed by atoms with Gasteiger partial charge in [0.2, 0.25) is 5.88 Å². The van der Waals surface area contributed by atoms with Crippen molar-refractivity contribution < 1.29 is 4.74 Å². The van der Waals surface area contributed by atoms with Crippen LogP contribution in [0.4, 0.5) is 5.82 Å². The first-order valence-electron chi connectivity index (χ1n) is 4.24. The summed E-state index contributed by atoms with van der Waals surface area (Å²) < 4.78 is 5.09. The minimum absolute atomic E-state index is 0.261. The molecule has 0 radical (unpaired) electrons. The van der Waals surface area contributed by atoms with Crippen LogP contribution in [0.25, 0.3) is 0 Å². The zero-order chi connectivity index (χ0) is 10.0. The van der Waals surface area contributed by atoms with Crippen molar-refractivity contribution in [1.82, 2.24) is 9.97 Å². The Morgan fingerprint density at radius 3 is 2.38 bits per heavy atom. The van der Waals surface area contributed by atoms with E-state index in [2.05, 4.69) is 9.97 Å². The first-order valence-corrected chi connectivity index (χ1v) is 4.24. The first-order chi connectivity index (χ1) is 6.06. The van der Waals surface area contributed by atoms with E-state index in [1.54, 1.807) is 7.11 Å². The van der Waals surface area contributed by atoms with Gasteiger partial charge in [-0.25, -0.2) is 4.98 Å². The zero-order valence-electron chi connectivity index (χ0n) is 8.46. The standard InChI is InChI=1S/C9H15N3O/c1-5(2)8-11-7(10)6(3)9(12-8)13-4/h5H,1-4H3,(H2,10,11,12). The molecule has 1 heterocycles. The van der Waals surface area contributed by atoms with Crippen molar-refractivity contribution >= 4 is 5.82 Å². The van der Waals surface area contributed by atoms with Crippen molar-refractivity contribution in [3.63, 3.8) is 0 Å². The molecule has 0 aliphatic rings. The highest BCUT2D eigenvalue weighted by Gasteiger charge is 2.10. The minimum atomic E-state index is 0.261. The summed E-state index contributed by atoms with van der Waals surface area (Å²) in [7, 11) is 1.58. The Hall–Kier alpha value is -1.32. The number of methoxy groups -OCH3 is 1. The molecule has 4 heteroatoms. The van der Waals surface area contributed by atoms with Crippen LogP contribution in [-0.2, 0) is 0 Å². The molecule has 0 aliphatic carbocycles. The molecule has 0 fully saturated rings. The number of hydrogen-bond donors (Lipinski definition) is 1. The fraction of sp³-hybridized carbons (Fsp3) is 0.556. The van der Waals surface area contributed by atoms with Crippen molar-refractivity contribution in [2.45, 2.75) is 26.7 Å². The predicted molar refractivity (Wildman–Crippen MR) is 51.8 cm³/mol. The van der Waals surface area contributed by atoms with E-state index in [0.717, 1.165) is 11.4 Å². The van der Waals surface area contributed by atoms with Crippen LogP contribution in [0.3, 0.4) is 0 Å². The van der Waals surface area contributed by atoms with E-state index in [-0.39, 0.29) is 5.92 Å². The Morgan fingerprint density at radius 2 is 1.92 bits per heavy atom. The number of hydrogen-bond acceptors (Lipinski definition) is 4. The van der Waals surface area contributed by atoms with E-state index in [9.17, 15) is 0 Å². The smallest absolute Gasteiger partial charge is 0.221 e. The molecule has 4 nitrogen and oxygen atoms in total. The van der Waals surface area contributed by atoms with Gasteiger partial charge in [-0.15, -0.1) is 0 Å². The van der Waals surface area contributed by atoms with E-state index in [1.165, 1.54) is 0 Å². The minimum Gasteiger partial charge on any atom is -0.481 e. The number of nitrogen functional groups attached to an aromatic ring is 1. The normalized spacial score (nSPS) is 10.5. The molecule has 0 atom stereocenters. The van der Waals surface area contributed by atoms with Crippen LogP contribution in [-0.4, -0.2) is 17.1 Å². The Balaban J connectivity index is 3.22. The second-order valence-corrected chi connectivity index (χ2v) is 3.26. The number of nitrogens with zero attached hydrogens (tertiary/aromatic N) is 2. The lowest BCUT2D eigenvalue weighted by molar-refractivity contribution is 0.391. The van der Waals surface area contributed by atoms with Gasteiger partial charge in [0, 0.05) is 5.92 Å². The summed E-state index contributed by atoms with van der Waals surface area (Å²) in [5.41, 5.74) is 6.50. The summed E-state index contributed by atoms with van der Waals surface area (Å²) in [5, 5.41) is 0. The van der Waals surface area contributed by atoms with Crippen molar-refractivity contribution in [1.29, 1.82) is 0 Å². The summed E-state index contributed by atoms with van der Waals surface area (Å²) in [6.07, 6.45) is 0. The largest absolute Gasteiger partial charge is 0.481 e. The fourth-order valence-electron chi connectivity index (χ4n) is 0.987. The summed E-state index contributed by atoms with van der Waals surface area (Å²) in [4.78, 5) is 8.41. The highest BCUT2D eigenvalue weighted by Crippen LogP contribution is 2.21. The molecule has 1 aromatic rings. The van der Waals surface area contributed by atoms with Crippen LogP contribution in [0.5, 0.6) is 5.88 Å². The van der Waals surface area contributed by atoms with E-state index < -0.39 is 0 Å². The Bertz CT molecular complexity index is 310. The quantitative estimate of drug-likeness (QED) is 0.751. The highest BCUT2D eigenvalue weighted by atomic mass is 16.5. The van der Waals surface area contributed by atoms with Crippen molar-refractivity contribution in [2.75, 3.05) is 12.8 Å². The lowest BCUT2D eigenvalue weighted by Crippen LogP contribution is -2.06. The third-order valence-corrected chi connectivity index (χ3v) is 1.87. The lowest BCUT2D eigenvalue weighted by atomic mass is 10.2. The Morgan fingerprint density at radius 1 is 1.31 bits per heavy atom. The summed E-state index contributed by atoms with van der Waals surface area (Å²) in [6, 6.07) is 0. The second-order valence-electron chi connectivity index (χ2n) is 3.26. The molecule has 0 bridgehead atoms. The van der Waals surface area contributed by atoms with E-state index in [0.29, 0.717) is 11.7 Å². The van der Waals surface area contributed by atoms with Crippen LogP contribution < -0.4 is 10.5 Å². The van der Waals surface area contributed by atoms with E-state index in [1.807, 2.05) is 20.8 Å². The molecule has 0 saturated carbocycles. The van der Waals surface area contributed by atoms with Gasteiger partial charge in [0.1, 0.15) is 11.6 Å². The maximum absolute atomic E-state index is 5.70. The van der Waals surface area contributed by atoms with Gasteiger partial charge in [0.05, 0.1) is 12.7 Å². The van der Waals surface area contributed by atoms with Crippen LogP contribution in [0.15, 0.2) is 0 Å². The number of anilines is 1. The third-order valence-electron chi connectivity index (χ3n) is 1.87. The molecular weight excluding hydrogens is 166 g/mol. The Kier molecular flexibility index (Phi) is 2.70. The summed E-state index contributed by atoms with van der Waals surface area (Å²) >= 11 is 0. The van der Waals surface area contributed by atoms with Crippen LogP contribution >= 0.6 is 0 Å². The van der Waals surface area contributed by atoms with Crippen LogP contribution in [0.2, 0.25) is 0 Å². The van der Waals surface area contributed by atoms with Gasteiger partial charge in [-0.3, -0.25) is 0 Å². The van der Waals surface area contributed by atoms with E-state index in [4.69, 9.17) is 10.5 Å². The van der Waals surface area contributed by atoms with Gasteiger partial charge in [-0.1, -0.05) is 13.8 Å². The SMILES string of the molecule is COc1nc(C(C)C)nc(N)c1C. The monoisotopic (exact) mass is 181 g/mol. The molecule has 0 unspecified atom stereocenters. The zero-order valence-corrected chi connectivity index (χ0v) is 8.46. The third kappa shape index (κ3) is 1.88. The average molecular weight is 181 g/mol. The van der Waals surface area contributed by atoms with Crippen LogP contribution in [0, 0.1) is 6.92 Å².